The monoisotopic (exact) mass is 333 g/mol. The molecule has 0 aliphatic carbocycles. The van der Waals surface area contributed by atoms with Crippen LogP contribution in [-0.4, -0.2) is 27.3 Å². The Labute approximate surface area is 135 Å². The van der Waals surface area contributed by atoms with E-state index in [2.05, 4.69) is 4.98 Å². The van der Waals surface area contributed by atoms with E-state index in [-0.39, 0.29) is 18.1 Å². The highest BCUT2D eigenvalue weighted by Gasteiger charge is 2.10. The van der Waals surface area contributed by atoms with Crippen LogP contribution in [0, 0.1) is 11.6 Å². The molecule has 2 heterocycles. The number of carbonyl (C=O) groups excluding carboxylic acids is 1. The van der Waals surface area contributed by atoms with Crippen LogP contribution in [-0.2, 0) is 6.54 Å². The maximum absolute atomic E-state index is 13.5. The third-order valence-corrected chi connectivity index (χ3v) is 3.43. The van der Waals surface area contributed by atoms with Gasteiger partial charge in [0.1, 0.15) is 23.8 Å². The van der Waals surface area contributed by atoms with Gasteiger partial charge in [-0.3, -0.25) is 10.0 Å². The van der Waals surface area contributed by atoms with Crippen LogP contribution in [0.2, 0.25) is 0 Å². The lowest BCUT2D eigenvalue weighted by atomic mass is 10.3. The number of pyridine rings is 1. The number of hydroxylamine groups is 1. The number of hydrogen-bond acceptors (Lipinski definition) is 4. The standard InChI is InChI=1S/C16H13F2N3O3/c17-11-2-4-14(12(18)9-11)24-8-7-21-6-5-10-1-3-13(16(22)20-23)19-15(10)21/h1-6,9,23H,7-8H2,(H,20,22). The van der Waals surface area contributed by atoms with Crippen molar-refractivity contribution in [3.05, 3.63) is 59.9 Å². The molecule has 0 saturated heterocycles. The van der Waals surface area contributed by atoms with Crippen molar-refractivity contribution >= 4 is 16.9 Å². The highest BCUT2D eigenvalue weighted by molar-refractivity contribution is 5.93. The first-order valence-corrected chi connectivity index (χ1v) is 7.06. The zero-order valence-corrected chi connectivity index (χ0v) is 12.4. The van der Waals surface area contributed by atoms with E-state index in [1.807, 2.05) is 0 Å². The lowest BCUT2D eigenvalue weighted by Gasteiger charge is -2.09. The molecular formula is C16H13F2N3O3. The van der Waals surface area contributed by atoms with Gasteiger partial charge in [0.05, 0.1) is 6.54 Å². The van der Waals surface area contributed by atoms with Crippen LogP contribution in [0.3, 0.4) is 0 Å². The van der Waals surface area contributed by atoms with Crippen molar-refractivity contribution in [2.45, 2.75) is 6.54 Å². The molecule has 0 radical (unpaired) electrons. The Kier molecular flexibility index (Phi) is 4.39. The largest absolute Gasteiger partial charge is 0.489 e. The SMILES string of the molecule is O=C(NO)c1ccc2ccn(CCOc3ccc(F)cc3F)c2n1. The highest BCUT2D eigenvalue weighted by atomic mass is 19.1. The maximum Gasteiger partial charge on any atom is 0.293 e. The van der Waals surface area contributed by atoms with Crippen molar-refractivity contribution < 1.29 is 23.5 Å². The van der Waals surface area contributed by atoms with Crippen LogP contribution >= 0.6 is 0 Å². The highest BCUT2D eigenvalue weighted by Crippen LogP contribution is 2.18. The summed E-state index contributed by atoms with van der Waals surface area (Å²) in [6.07, 6.45) is 1.75. The van der Waals surface area contributed by atoms with Crippen molar-refractivity contribution in [2.24, 2.45) is 0 Å². The van der Waals surface area contributed by atoms with E-state index >= 15 is 0 Å². The molecule has 0 atom stereocenters. The molecule has 124 valence electrons. The summed E-state index contributed by atoms with van der Waals surface area (Å²) in [5.74, 6) is -2.20. The number of ether oxygens (including phenoxy) is 1. The third-order valence-electron chi connectivity index (χ3n) is 3.43. The lowest BCUT2D eigenvalue weighted by molar-refractivity contribution is 0.0701. The average Bonchev–Trinajstić information content (AvgIpc) is 2.98. The summed E-state index contributed by atoms with van der Waals surface area (Å²) < 4.78 is 33.4. The van der Waals surface area contributed by atoms with Crippen molar-refractivity contribution in [3.8, 4) is 5.75 Å². The van der Waals surface area contributed by atoms with E-state index in [9.17, 15) is 13.6 Å². The Hall–Kier alpha value is -3.00. The van der Waals surface area contributed by atoms with Crippen molar-refractivity contribution in [1.82, 2.24) is 15.0 Å². The number of nitrogens with zero attached hydrogens (tertiary/aromatic N) is 2. The first-order valence-electron chi connectivity index (χ1n) is 7.06. The molecule has 0 aliphatic rings. The number of aromatic nitrogens is 2. The molecule has 8 heteroatoms. The van der Waals surface area contributed by atoms with E-state index < -0.39 is 17.5 Å². The molecule has 0 spiro atoms. The van der Waals surface area contributed by atoms with Crippen molar-refractivity contribution in [3.63, 3.8) is 0 Å². The van der Waals surface area contributed by atoms with E-state index in [4.69, 9.17) is 9.94 Å². The van der Waals surface area contributed by atoms with Gasteiger partial charge in [0.15, 0.2) is 11.6 Å². The van der Waals surface area contributed by atoms with Gasteiger partial charge in [-0.2, -0.15) is 0 Å². The van der Waals surface area contributed by atoms with Gasteiger partial charge < -0.3 is 9.30 Å². The van der Waals surface area contributed by atoms with Gasteiger partial charge in [0.25, 0.3) is 5.91 Å². The van der Waals surface area contributed by atoms with Crippen LogP contribution in [0.15, 0.2) is 42.6 Å². The summed E-state index contributed by atoms with van der Waals surface area (Å²) in [6, 6.07) is 8.08. The molecule has 2 N–H and O–H groups in total. The van der Waals surface area contributed by atoms with Gasteiger partial charge in [-0.1, -0.05) is 0 Å². The topological polar surface area (TPSA) is 76.4 Å². The zero-order chi connectivity index (χ0) is 17.1. The van der Waals surface area contributed by atoms with Gasteiger partial charge >= 0.3 is 0 Å². The van der Waals surface area contributed by atoms with Crippen LogP contribution in [0.4, 0.5) is 8.78 Å². The number of benzene rings is 1. The average molecular weight is 333 g/mol. The van der Waals surface area contributed by atoms with Gasteiger partial charge in [0.2, 0.25) is 0 Å². The Morgan fingerprint density at radius 3 is 2.83 bits per heavy atom. The van der Waals surface area contributed by atoms with Crippen LogP contribution in [0.25, 0.3) is 11.0 Å². The maximum atomic E-state index is 13.5. The van der Waals surface area contributed by atoms with Gasteiger partial charge in [-0.15, -0.1) is 0 Å². The molecule has 0 saturated carbocycles. The number of hydrogen-bond donors (Lipinski definition) is 2. The van der Waals surface area contributed by atoms with E-state index in [0.29, 0.717) is 12.2 Å². The molecule has 24 heavy (non-hydrogen) atoms. The fourth-order valence-electron chi connectivity index (χ4n) is 2.27. The molecule has 6 nitrogen and oxygen atoms in total. The third kappa shape index (κ3) is 3.18. The zero-order valence-electron chi connectivity index (χ0n) is 12.4. The Morgan fingerprint density at radius 2 is 2.08 bits per heavy atom. The molecule has 2 aromatic heterocycles. The first-order chi connectivity index (χ1) is 11.6. The van der Waals surface area contributed by atoms with E-state index in [1.165, 1.54) is 17.6 Å². The summed E-state index contributed by atoms with van der Waals surface area (Å²) in [5.41, 5.74) is 2.12. The molecule has 1 aromatic carbocycles. The molecule has 1 amide bonds. The summed E-state index contributed by atoms with van der Waals surface area (Å²) in [7, 11) is 0. The fraction of sp³-hybridized carbons (Fsp3) is 0.125. The second-order valence-electron chi connectivity index (χ2n) is 4.98. The molecular weight excluding hydrogens is 320 g/mol. The van der Waals surface area contributed by atoms with Gasteiger partial charge in [-0.05, 0) is 30.3 Å². The second-order valence-corrected chi connectivity index (χ2v) is 4.98. The number of rotatable bonds is 5. The minimum Gasteiger partial charge on any atom is -0.489 e. The van der Waals surface area contributed by atoms with Crippen LogP contribution in [0.1, 0.15) is 10.5 Å². The predicted molar refractivity (Wildman–Crippen MR) is 80.8 cm³/mol. The number of halogens is 2. The Balaban J connectivity index is 1.74. The number of nitrogens with one attached hydrogen (secondary N) is 1. The summed E-state index contributed by atoms with van der Waals surface area (Å²) in [5, 5.41) is 9.47. The smallest absolute Gasteiger partial charge is 0.293 e. The second kappa shape index (κ2) is 6.63. The molecule has 0 fully saturated rings. The summed E-state index contributed by atoms with van der Waals surface area (Å²) in [4.78, 5) is 15.6. The first kappa shape index (κ1) is 15.9. The van der Waals surface area contributed by atoms with Crippen LogP contribution < -0.4 is 10.2 Å². The summed E-state index contributed by atoms with van der Waals surface area (Å²) >= 11 is 0. The predicted octanol–water partition coefficient (Wildman–Crippen LogP) is 2.51. The number of carbonyl (C=O) groups is 1. The summed E-state index contributed by atoms with van der Waals surface area (Å²) in [6.45, 7) is 0.474. The lowest BCUT2D eigenvalue weighted by Crippen LogP contribution is -2.20. The van der Waals surface area contributed by atoms with Crippen molar-refractivity contribution in [2.75, 3.05) is 6.61 Å². The Morgan fingerprint density at radius 1 is 1.25 bits per heavy atom. The van der Waals surface area contributed by atoms with Crippen molar-refractivity contribution in [1.29, 1.82) is 0 Å². The minimum absolute atomic E-state index is 0.0406. The molecule has 0 unspecified atom stereocenters. The van der Waals surface area contributed by atoms with Gasteiger partial charge in [-0.25, -0.2) is 19.2 Å². The van der Waals surface area contributed by atoms with Crippen LogP contribution in [0.5, 0.6) is 5.75 Å². The molecule has 3 aromatic rings. The normalized spacial score (nSPS) is 10.8. The Bertz CT molecular complexity index is 895. The molecule has 3 rings (SSSR count). The fourth-order valence-corrected chi connectivity index (χ4v) is 2.27. The number of amides is 1. The quantitative estimate of drug-likeness (QED) is 0.556. The minimum atomic E-state index is -0.771. The molecule has 0 aliphatic heterocycles. The van der Waals surface area contributed by atoms with E-state index in [0.717, 1.165) is 17.5 Å². The van der Waals surface area contributed by atoms with Gasteiger partial charge in [0, 0.05) is 17.6 Å². The van der Waals surface area contributed by atoms with E-state index in [1.54, 1.807) is 22.9 Å². The molecule has 0 bridgehead atoms. The number of fused-ring (bicyclic) bond motifs is 1.